The molecule has 0 bridgehead atoms. The van der Waals surface area contributed by atoms with Gasteiger partial charge in [0.05, 0.1) is 13.2 Å². The van der Waals surface area contributed by atoms with Crippen LogP contribution in [-0.4, -0.2) is 43.9 Å². The van der Waals surface area contributed by atoms with E-state index in [1.54, 1.807) is 7.11 Å². The molecule has 0 radical (unpaired) electrons. The van der Waals surface area contributed by atoms with Crippen LogP contribution in [0.5, 0.6) is 0 Å². The van der Waals surface area contributed by atoms with E-state index in [9.17, 15) is 4.39 Å². The third-order valence-electron chi connectivity index (χ3n) is 2.56. The summed E-state index contributed by atoms with van der Waals surface area (Å²) in [6.07, 6.45) is 0.402. The predicted octanol–water partition coefficient (Wildman–Crippen LogP) is 1.64. The number of aliphatic hydroxyl groups excluding tert-OH is 1. The lowest BCUT2D eigenvalue weighted by molar-refractivity contribution is 0.158. The van der Waals surface area contributed by atoms with E-state index >= 15 is 0 Å². The second kappa shape index (κ2) is 8.65. The number of hydrogen-bond donors (Lipinski definition) is 1. The minimum absolute atomic E-state index is 0.0227. The van der Waals surface area contributed by atoms with Gasteiger partial charge in [-0.3, -0.25) is 4.90 Å². The van der Waals surface area contributed by atoms with Gasteiger partial charge in [0.15, 0.2) is 0 Å². The number of halogens is 1. The molecule has 104 valence electrons. The molecule has 0 aromatic heterocycles. The minimum Gasteiger partial charge on any atom is -0.395 e. The Kier molecular flexibility index (Phi) is 7.12. The summed E-state index contributed by atoms with van der Waals surface area (Å²) in [5.74, 6) is 5.36. The molecule has 0 fully saturated rings. The van der Waals surface area contributed by atoms with Crippen LogP contribution in [-0.2, 0) is 11.3 Å². The maximum atomic E-state index is 13.5. The first-order valence-electron chi connectivity index (χ1n) is 6.22. The maximum Gasteiger partial charge on any atom is 0.124 e. The number of benzene rings is 1. The fourth-order valence-corrected chi connectivity index (χ4v) is 1.67. The Bertz CT molecular complexity index is 451. The lowest BCUT2D eigenvalue weighted by Gasteiger charge is -2.16. The van der Waals surface area contributed by atoms with Gasteiger partial charge in [0, 0.05) is 32.2 Å². The van der Waals surface area contributed by atoms with Crippen molar-refractivity contribution in [3.8, 4) is 11.8 Å². The molecular weight excluding hydrogens is 245 g/mol. The molecule has 0 aliphatic heterocycles. The molecule has 3 nitrogen and oxygen atoms in total. The molecular formula is C15H20FNO2. The Morgan fingerprint density at radius 2 is 2.16 bits per heavy atom. The standard InChI is InChI=1S/C15H20FNO2/c1-17(6-8-19-2)12-14-9-13(5-3-4-7-18)10-15(16)11-14/h9-11,18H,4,6-8,12H2,1-2H3. The maximum absolute atomic E-state index is 13.5. The number of likely N-dealkylation sites (N-methyl/N-ethyl adjacent to an activating group) is 1. The van der Waals surface area contributed by atoms with Crippen molar-refractivity contribution in [2.24, 2.45) is 0 Å². The zero-order valence-electron chi connectivity index (χ0n) is 11.4. The van der Waals surface area contributed by atoms with Gasteiger partial charge in [-0.2, -0.15) is 0 Å². The average Bonchev–Trinajstić information content (AvgIpc) is 2.36. The highest BCUT2D eigenvalue weighted by Crippen LogP contribution is 2.10. The molecule has 0 saturated carbocycles. The lowest BCUT2D eigenvalue weighted by atomic mass is 10.1. The van der Waals surface area contributed by atoms with Crippen molar-refractivity contribution in [3.05, 3.63) is 35.1 Å². The zero-order chi connectivity index (χ0) is 14.1. The fourth-order valence-electron chi connectivity index (χ4n) is 1.67. The summed E-state index contributed by atoms with van der Waals surface area (Å²) in [5, 5.41) is 8.66. The van der Waals surface area contributed by atoms with E-state index in [1.807, 2.05) is 13.1 Å². The summed E-state index contributed by atoms with van der Waals surface area (Å²) >= 11 is 0. The van der Waals surface area contributed by atoms with E-state index in [0.29, 0.717) is 25.1 Å². The third-order valence-corrected chi connectivity index (χ3v) is 2.56. The SMILES string of the molecule is COCCN(C)Cc1cc(F)cc(C#CCCO)c1. The van der Waals surface area contributed by atoms with E-state index in [4.69, 9.17) is 9.84 Å². The van der Waals surface area contributed by atoms with Crippen LogP contribution in [0, 0.1) is 17.7 Å². The fraction of sp³-hybridized carbons (Fsp3) is 0.467. The van der Waals surface area contributed by atoms with Gasteiger partial charge in [-0.15, -0.1) is 0 Å². The van der Waals surface area contributed by atoms with Gasteiger partial charge in [0.1, 0.15) is 5.82 Å². The van der Waals surface area contributed by atoms with E-state index in [0.717, 1.165) is 12.1 Å². The molecule has 0 amide bonds. The summed E-state index contributed by atoms with van der Waals surface area (Å²) in [6, 6.07) is 4.79. The van der Waals surface area contributed by atoms with Gasteiger partial charge in [-0.25, -0.2) is 4.39 Å². The molecule has 19 heavy (non-hydrogen) atoms. The first kappa shape index (κ1) is 15.6. The Balaban J connectivity index is 2.71. The van der Waals surface area contributed by atoms with E-state index in [2.05, 4.69) is 16.7 Å². The number of rotatable bonds is 6. The second-order valence-corrected chi connectivity index (χ2v) is 4.35. The molecule has 1 rings (SSSR count). The highest BCUT2D eigenvalue weighted by molar-refractivity contribution is 5.37. The molecule has 1 aromatic carbocycles. The third kappa shape index (κ3) is 6.35. The number of methoxy groups -OCH3 is 1. The topological polar surface area (TPSA) is 32.7 Å². The Morgan fingerprint density at radius 1 is 1.37 bits per heavy atom. The molecule has 0 heterocycles. The van der Waals surface area contributed by atoms with Crippen molar-refractivity contribution in [1.82, 2.24) is 4.90 Å². The van der Waals surface area contributed by atoms with Gasteiger partial charge >= 0.3 is 0 Å². The van der Waals surface area contributed by atoms with Gasteiger partial charge in [-0.1, -0.05) is 11.8 Å². The molecule has 0 aliphatic rings. The Hall–Kier alpha value is -1.41. The van der Waals surface area contributed by atoms with E-state index < -0.39 is 0 Å². The normalized spacial score (nSPS) is 10.4. The number of ether oxygens (including phenoxy) is 1. The second-order valence-electron chi connectivity index (χ2n) is 4.35. The zero-order valence-corrected chi connectivity index (χ0v) is 11.4. The quantitative estimate of drug-likeness (QED) is 0.794. The average molecular weight is 265 g/mol. The summed E-state index contributed by atoms with van der Waals surface area (Å²) in [6.45, 7) is 2.11. The molecule has 1 N–H and O–H groups in total. The van der Waals surface area contributed by atoms with Crippen LogP contribution in [0.3, 0.4) is 0 Å². The summed E-state index contributed by atoms with van der Waals surface area (Å²) in [5.41, 5.74) is 1.52. The number of nitrogens with zero attached hydrogens (tertiary/aromatic N) is 1. The van der Waals surface area contributed by atoms with Crippen LogP contribution >= 0.6 is 0 Å². The highest BCUT2D eigenvalue weighted by atomic mass is 19.1. The molecule has 0 unspecified atom stereocenters. The van der Waals surface area contributed by atoms with Crippen molar-refractivity contribution in [2.75, 3.05) is 33.9 Å². The van der Waals surface area contributed by atoms with Crippen LogP contribution in [0.2, 0.25) is 0 Å². The molecule has 0 aliphatic carbocycles. The van der Waals surface area contributed by atoms with Crippen LogP contribution in [0.1, 0.15) is 17.5 Å². The number of aliphatic hydroxyl groups is 1. The molecule has 1 aromatic rings. The van der Waals surface area contributed by atoms with Crippen molar-refractivity contribution in [3.63, 3.8) is 0 Å². The first-order valence-corrected chi connectivity index (χ1v) is 6.22. The van der Waals surface area contributed by atoms with Crippen LogP contribution in [0.25, 0.3) is 0 Å². The van der Waals surface area contributed by atoms with Crippen LogP contribution < -0.4 is 0 Å². The van der Waals surface area contributed by atoms with Gasteiger partial charge < -0.3 is 9.84 Å². The van der Waals surface area contributed by atoms with E-state index in [-0.39, 0.29) is 12.4 Å². The molecule has 4 heteroatoms. The smallest absolute Gasteiger partial charge is 0.124 e. The first-order chi connectivity index (χ1) is 9.15. The van der Waals surface area contributed by atoms with E-state index in [1.165, 1.54) is 12.1 Å². The van der Waals surface area contributed by atoms with Crippen LogP contribution in [0.4, 0.5) is 4.39 Å². The van der Waals surface area contributed by atoms with Crippen molar-refractivity contribution in [1.29, 1.82) is 0 Å². The lowest BCUT2D eigenvalue weighted by Crippen LogP contribution is -2.22. The van der Waals surface area contributed by atoms with Crippen LogP contribution in [0.15, 0.2) is 18.2 Å². The Labute approximate surface area is 114 Å². The Morgan fingerprint density at radius 3 is 2.84 bits per heavy atom. The van der Waals surface area contributed by atoms with Crippen molar-refractivity contribution < 1.29 is 14.2 Å². The highest BCUT2D eigenvalue weighted by Gasteiger charge is 2.03. The summed E-state index contributed by atoms with van der Waals surface area (Å²) in [7, 11) is 3.62. The van der Waals surface area contributed by atoms with Crippen molar-refractivity contribution in [2.45, 2.75) is 13.0 Å². The number of hydrogen-bond acceptors (Lipinski definition) is 3. The molecule has 0 saturated heterocycles. The molecule has 0 spiro atoms. The minimum atomic E-state index is -0.286. The molecule has 0 atom stereocenters. The summed E-state index contributed by atoms with van der Waals surface area (Å²) < 4.78 is 18.5. The monoisotopic (exact) mass is 265 g/mol. The van der Waals surface area contributed by atoms with Crippen molar-refractivity contribution >= 4 is 0 Å². The van der Waals surface area contributed by atoms with Gasteiger partial charge in [0.2, 0.25) is 0 Å². The largest absolute Gasteiger partial charge is 0.395 e. The van der Waals surface area contributed by atoms with Gasteiger partial charge in [-0.05, 0) is 30.8 Å². The predicted molar refractivity (Wildman–Crippen MR) is 73.2 cm³/mol. The summed E-state index contributed by atoms with van der Waals surface area (Å²) in [4.78, 5) is 2.06. The van der Waals surface area contributed by atoms with Gasteiger partial charge in [0.25, 0.3) is 0 Å².